The lowest BCUT2D eigenvalue weighted by Crippen LogP contribution is -2.39. The maximum Gasteiger partial charge on any atom is 0.225 e. The molecule has 3 unspecified atom stereocenters. The van der Waals surface area contributed by atoms with E-state index in [9.17, 15) is 4.79 Å². The molecule has 3 rings (SSSR count). The minimum absolute atomic E-state index is 0.0812. The average Bonchev–Trinajstić information content (AvgIpc) is 3.04. The third kappa shape index (κ3) is 2.14. The highest BCUT2D eigenvalue weighted by molar-refractivity contribution is 5.81. The highest BCUT2D eigenvalue weighted by atomic mass is 16.2. The van der Waals surface area contributed by atoms with Crippen molar-refractivity contribution in [3.63, 3.8) is 0 Å². The zero-order chi connectivity index (χ0) is 11.8. The lowest BCUT2D eigenvalue weighted by atomic mass is 9.93. The van der Waals surface area contributed by atoms with E-state index >= 15 is 0 Å². The fourth-order valence-corrected chi connectivity index (χ4v) is 2.45. The number of hydrogen-bond acceptors (Lipinski definition) is 2. The molecule has 1 aliphatic carbocycles. The maximum absolute atomic E-state index is 12.1. The molecule has 17 heavy (non-hydrogen) atoms. The molecule has 0 radical (unpaired) electrons. The third-order valence-electron chi connectivity index (χ3n) is 3.83. The zero-order valence-electron chi connectivity index (χ0n) is 10.1. The van der Waals surface area contributed by atoms with E-state index in [1.165, 1.54) is 11.3 Å². The first kappa shape index (κ1) is 10.6. The quantitative estimate of drug-likeness (QED) is 0.813. The largest absolute Gasteiger partial charge is 0.384 e. The van der Waals surface area contributed by atoms with Gasteiger partial charge in [-0.2, -0.15) is 0 Å². The first-order chi connectivity index (χ1) is 8.24. The van der Waals surface area contributed by atoms with Crippen LogP contribution in [0.2, 0.25) is 0 Å². The van der Waals surface area contributed by atoms with Gasteiger partial charge in [0.15, 0.2) is 0 Å². The molecule has 1 aromatic rings. The smallest absolute Gasteiger partial charge is 0.225 e. The van der Waals surface area contributed by atoms with Crippen molar-refractivity contribution in [3.8, 4) is 0 Å². The Bertz CT molecular complexity index is 444. The number of carbonyl (C=O) groups excluding carboxylic acids is 1. The van der Waals surface area contributed by atoms with E-state index in [0.717, 1.165) is 19.4 Å². The summed E-state index contributed by atoms with van der Waals surface area (Å²) < 4.78 is 0. The summed E-state index contributed by atoms with van der Waals surface area (Å²) in [6.07, 6.45) is 2.00. The highest BCUT2D eigenvalue weighted by Gasteiger charge is 2.36. The van der Waals surface area contributed by atoms with Gasteiger partial charge in [0.1, 0.15) is 0 Å². The summed E-state index contributed by atoms with van der Waals surface area (Å²) in [6, 6.07) is 8.66. The number of carbonyl (C=O) groups is 1. The van der Waals surface area contributed by atoms with E-state index < -0.39 is 0 Å². The molecule has 1 amide bonds. The second-order valence-electron chi connectivity index (χ2n) is 5.27. The predicted molar refractivity (Wildman–Crippen MR) is 67.8 cm³/mol. The van der Waals surface area contributed by atoms with Gasteiger partial charge in [0.2, 0.25) is 5.91 Å². The van der Waals surface area contributed by atoms with E-state index in [1.54, 1.807) is 0 Å². The standard InChI is InChI=1S/C14H18N2O/c1-9-6-13(9)16-14(17)11-7-10-4-2-3-5-12(10)15-8-11/h2-5,9,11,13,15H,6-8H2,1H3,(H,16,17). The summed E-state index contributed by atoms with van der Waals surface area (Å²) in [7, 11) is 0. The van der Waals surface area contributed by atoms with Crippen LogP contribution in [0.4, 0.5) is 5.69 Å². The minimum atomic E-state index is 0.0812. The number of nitrogens with one attached hydrogen (secondary N) is 2. The van der Waals surface area contributed by atoms with Gasteiger partial charge in [-0.3, -0.25) is 4.79 Å². The Morgan fingerprint density at radius 2 is 2.18 bits per heavy atom. The third-order valence-corrected chi connectivity index (χ3v) is 3.83. The molecule has 0 saturated heterocycles. The Morgan fingerprint density at radius 1 is 1.41 bits per heavy atom. The lowest BCUT2D eigenvalue weighted by Gasteiger charge is -2.25. The predicted octanol–water partition coefficient (Wildman–Crippen LogP) is 1.80. The fourth-order valence-electron chi connectivity index (χ4n) is 2.45. The SMILES string of the molecule is CC1CC1NC(=O)C1CNc2ccccc2C1. The second-order valence-corrected chi connectivity index (χ2v) is 5.27. The summed E-state index contributed by atoms with van der Waals surface area (Å²) in [5.41, 5.74) is 2.43. The lowest BCUT2D eigenvalue weighted by molar-refractivity contribution is -0.124. The van der Waals surface area contributed by atoms with Gasteiger partial charge < -0.3 is 10.6 Å². The molecule has 2 N–H and O–H groups in total. The topological polar surface area (TPSA) is 41.1 Å². The number of rotatable bonds is 2. The molecular weight excluding hydrogens is 212 g/mol. The van der Waals surface area contributed by atoms with Crippen molar-refractivity contribution in [3.05, 3.63) is 29.8 Å². The minimum Gasteiger partial charge on any atom is -0.384 e. The Hall–Kier alpha value is -1.51. The van der Waals surface area contributed by atoms with Crippen molar-refractivity contribution in [2.45, 2.75) is 25.8 Å². The van der Waals surface area contributed by atoms with Gasteiger partial charge in [0.05, 0.1) is 5.92 Å². The molecule has 3 heteroatoms. The fraction of sp³-hybridized carbons (Fsp3) is 0.500. The molecule has 1 fully saturated rings. The molecule has 1 heterocycles. The molecular formula is C14H18N2O. The second kappa shape index (κ2) is 4.06. The molecule has 2 aliphatic rings. The van der Waals surface area contributed by atoms with Crippen LogP contribution < -0.4 is 10.6 Å². The number of benzene rings is 1. The molecule has 3 nitrogen and oxygen atoms in total. The number of para-hydroxylation sites is 1. The van der Waals surface area contributed by atoms with Crippen molar-refractivity contribution in [1.82, 2.24) is 5.32 Å². The van der Waals surface area contributed by atoms with Crippen molar-refractivity contribution in [1.29, 1.82) is 0 Å². The van der Waals surface area contributed by atoms with E-state index in [2.05, 4.69) is 29.7 Å². The maximum atomic E-state index is 12.1. The van der Waals surface area contributed by atoms with Crippen LogP contribution >= 0.6 is 0 Å². The van der Waals surface area contributed by atoms with Crippen molar-refractivity contribution < 1.29 is 4.79 Å². The highest BCUT2D eigenvalue weighted by Crippen LogP contribution is 2.30. The van der Waals surface area contributed by atoms with Gasteiger partial charge in [0, 0.05) is 18.3 Å². The van der Waals surface area contributed by atoms with Crippen LogP contribution in [0.1, 0.15) is 18.9 Å². The van der Waals surface area contributed by atoms with Crippen LogP contribution in [0, 0.1) is 11.8 Å². The first-order valence-corrected chi connectivity index (χ1v) is 6.36. The van der Waals surface area contributed by atoms with Crippen molar-refractivity contribution >= 4 is 11.6 Å². The molecule has 0 bridgehead atoms. The normalized spacial score (nSPS) is 30.1. The molecule has 0 spiro atoms. The Kier molecular flexibility index (Phi) is 2.54. The van der Waals surface area contributed by atoms with E-state index in [1.807, 2.05) is 12.1 Å². The molecule has 1 aromatic carbocycles. The average molecular weight is 230 g/mol. The summed E-state index contributed by atoms with van der Waals surface area (Å²) >= 11 is 0. The summed E-state index contributed by atoms with van der Waals surface area (Å²) in [6.45, 7) is 2.93. The molecule has 1 aliphatic heterocycles. The zero-order valence-corrected chi connectivity index (χ0v) is 10.1. The van der Waals surface area contributed by atoms with E-state index in [-0.39, 0.29) is 11.8 Å². The van der Waals surface area contributed by atoms with Gasteiger partial charge in [0.25, 0.3) is 0 Å². The Labute approximate surface area is 102 Å². The molecule has 3 atom stereocenters. The van der Waals surface area contributed by atoms with Crippen LogP contribution in [0.5, 0.6) is 0 Å². The molecule has 90 valence electrons. The Balaban J connectivity index is 1.65. The summed E-state index contributed by atoms with van der Waals surface area (Å²) in [5, 5.41) is 6.46. The number of hydrogen-bond donors (Lipinski definition) is 2. The van der Waals surface area contributed by atoms with Gasteiger partial charge in [-0.05, 0) is 30.4 Å². The van der Waals surface area contributed by atoms with E-state index in [0.29, 0.717) is 12.0 Å². The van der Waals surface area contributed by atoms with E-state index in [4.69, 9.17) is 0 Å². The molecule has 0 aromatic heterocycles. The van der Waals surface area contributed by atoms with Gasteiger partial charge in [-0.15, -0.1) is 0 Å². The van der Waals surface area contributed by atoms with Crippen molar-refractivity contribution in [2.75, 3.05) is 11.9 Å². The van der Waals surface area contributed by atoms with Crippen LogP contribution in [-0.2, 0) is 11.2 Å². The summed E-state index contributed by atoms with van der Waals surface area (Å²) in [5.74, 6) is 0.960. The Morgan fingerprint density at radius 3 is 2.94 bits per heavy atom. The molecule has 1 saturated carbocycles. The van der Waals surface area contributed by atoms with Crippen LogP contribution in [0.25, 0.3) is 0 Å². The number of fused-ring (bicyclic) bond motifs is 1. The van der Waals surface area contributed by atoms with Crippen LogP contribution in [-0.4, -0.2) is 18.5 Å². The van der Waals surface area contributed by atoms with Gasteiger partial charge >= 0.3 is 0 Å². The van der Waals surface area contributed by atoms with Gasteiger partial charge in [-0.1, -0.05) is 25.1 Å². The van der Waals surface area contributed by atoms with Gasteiger partial charge in [-0.25, -0.2) is 0 Å². The first-order valence-electron chi connectivity index (χ1n) is 6.36. The van der Waals surface area contributed by atoms with Crippen LogP contribution in [0.3, 0.4) is 0 Å². The van der Waals surface area contributed by atoms with Crippen LogP contribution in [0.15, 0.2) is 24.3 Å². The monoisotopic (exact) mass is 230 g/mol. The number of amides is 1. The van der Waals surface area contributed by atoms with Crippen molar-refractivity contribution in [2.24, 2.45) is 11.8 Å². The summed E-state index contributed by atoms with van der Waals surface area (Å²) in [4.78, 5) is 12.1. The number of anilines is 1.